The molecule has 0 atom stereocenters. The van der Waals surface area contributed by atoms with Gasteiger partial charge in [0.25, 0.3) is 0 Å². The molecule has 0 fully saturated rings. The molecule has 0 aromatic carbocycles. The Labute approximate surface area is 77.7 Å². The lowest BCUT2D eigenvalue weighted by Crippen LogP contribution is -1.77. The van der Waals surface area contributed by atoms with Crippen molar-refractivity contribution in [1.82, 2.24) is 0 Å². The van der Waals surface area contributed by atoms with Crippen molar-refractivity contribution in [3.63, 3.8) is 0 Å². The molecule has 0 radical (unpaired) electrons. The van der Waals surface area contributed by atoms with E-state index in [1.54, 1.807) is 0 Å². The lowest BCUT2D eigenvalue weighted by atomic mass is 10.2. The predicted molar refractivity (Wildman–Crippen MR) is 52.2 cm³/mol. The third kappa shape index (κ3) is 2.67. The maximum absolute atomic E-state index is 8.35. The van der Waals surface area contributed by atoms with Crippen molar-refractivity contribution in [3.8, 4) is 6.07 Å². The minimum absolute atomic E-state index is 0.680. The number of hydrogen-bond acceptors (Lipinski definition) is 2. The van der Waals surface area contributed by atoms with Gasteiger partial charge in [-0.3, -0.25) is 0 Å². The first-order valence-electron chi connectivity index (χ1n) is 4.31. The molecule has 64 valence electrons. The van der Waals surface area contributed by atoms with Crippen LogP contribution in [0.4, 0.5) is 0 Å². The summed E-state index contributed by atoms with van der Waals surface area (Å²) in [5.41, 5.74) is 0. The second-order valence-electron chi connectivity index (χ2n) is 2.73. The van der Waals surface area contributed by atoms with E-state index < -0.39 is 0 Å². The second kappa shape index (κ2) is 4.95. The van der Waals surface area contributed by atoms with Gasteiger partial charge in [-0.2, -0.15) is 5.26 Å². The number of nitrogens with zero attached hydrogens (tertiary/aromatic N) is 1. The third-order valence-electron chi connectivity index (χ3n) is 1.78. The van der Waals surface area contributed by atoms with Crippen LogP contribution in [0.3, 0.4) is 0 Å². The van der Waals surface area contributed by atoms with Gasteiger partial charge in [-0.15, -0.1) is 11.3 Å². The fourth-order valence-corrected chi connectivity index (χ4v) is 2.09. The molecule has 0 N–H and O–H groups in total. The first-order valence-corrected chi connectivity index (χ1v) is 5.13. The van der Waals surface area contributed by atoms with Crippen LogP contribution in [-0.4, -0.2) is 0 Å². The second-order valence-corrected chi connectivity index (χ2v) is 3.99. The summed E-state index contributed by atoms with van der Waals surface area (Å²) >= 11 is 1.87. The number of aryl methyl sites for hydroxylation is 2. The Bertz CT molecular complexity index is 270. The van der Waals surface area contributed by atoms with E-state index in [1.807, 2.05) is 11.3 Å². The van der Waals surface area contributed by atoms with Gasteiger partial charge in [0, 0.05) is 16.2 Å². The zero-order chi connectivity index (χ0) is 8.81. The molecule has 0 saturated carbocycles. The van der Waals surface area contributed by atoms with E-state index in [-0.39, 0.29) is 0 Å². The summed E-state index contributed by atoms with van der Waals surface area (Å²) in [6, 6.07) is 6.53. The van der Waals surface area contributed by atoms with Crippen LogP contribution in [0, 0.1) is 11.3 Å². The molecule has 12 heavy (non-hydrogen) atoms. The van der Waals surface area contributed by atoms with E-state index in [0.717, 1.165) is 19.3 Å². The van der Waals surface area contributed by atoms with Crippen LogP contribution < -0.4 is 0 Å². The van der Waals surface area contributed by atoms with Crippen LogP contribution in [0.5, 0.6) is 0 Å². The molecular weight excluding hydrogens is 166 g/mol. The highest BCUT2D eigenvalue weighted by Gasteiger charge is 1.97. The van der Waals surface area contributed by atoms with Gasteiger partial charge in [0.15, 0.2) is 0 Å². The molecule has 1 aromatic heterocycles. The summed E-state index contributed by atoms with van der Waals surface area (Å²) < 4.78 is 0. The fraction of sp³-hybridized carbons (Fsp3) is 0.500. The summed E-state index contributed by atoms with van der Waals surface area (Å²) in [7, 11) is 0. The van der Waals surface area contributed by atoms with Crippen molar-refractivity contribution in [2.75, 3.05) is 0 Å². The van der Waals surface area contributed by atoms with Gasteiger partial charge >= 0.3 is 0 Å². The van der Waals surface area contributed by atoms with E-state index in [1.165, 1.54) is 9.75 Å². The molecule has 0 spiro atoms. The van der Waals surface area contributed by atoms with Crippen molar-refractivity contribution in [2.45, 2.75) is 32.6 Å². The first-order chi connectivity index (χ1) is 5.86. The zero-order valence-corrected chi connectivity index (χ0v) is 8.16. The molecular formula is C10H13NS. The standard InChI is InChI=1S/C10H13NS/c1-2-9-6-7-10(12-9)5-3-4-8-11/h6-7H,2-5H2,1H3. The van der Waals surface area contributed by atoms with Crippen molar-refractivity contribution in [3.05, 3.63) is 21.9 Å². The molecule has 2 heteroatoms. The molecule has 0 aliphatic heterocycles. The molecule has 0 amide bonds. The van der Waals surface area contributed by atoms with Crippen molar-refractivity contribution < 1.29 is 0 Å². The van der Waals surface area contributed by atoms with Gasteiger partial charge < -0.3 is 0 Å². The van der Waals surface area contributed by atoms with E-state index in [0.29, 0.717) is 6.42 Å². The average Bonchev–Trinajstić information content (AvgIpc) is 2.53. The summed E-state index contributed by atoms with van der Waals surface area (Å²) in [5.74, 6) is 0. The Morgan fingerprint density at radius 1 is 1.42 bits per heavy atom. The van der Waals surface area contributed by atoms with Crippen LogP contribution >= 0.6 is 11.3 Å². The maximum Gasteiger partial charge on any atom is 0.0621 e. The van der Waals surface area contributed by atoms with Crippen molar-refractivity contribution in [1.29, 1.82) is 5.26 Å². The van der Waals surface area contributed by atoms with Gasteiger partial charge in [-0.05, 0) is 31.4 Å². The number of hydrogen-bond donors (Lipinski definition) is 0. The third-order valence-corrected chi connectivity index (χ3v) is 3.07. The number of rotatable bonds is 4. The van der Waals surface area contributed by atoms with Gasteiger partial charge in [0.2, 0.25) is 0 Å². The van der Waals surface area contributed by atoms with Crippen molar-refractivity contribution in [2.24, 2.45) is 0 Å². The highest BCUT2D eigenvalue weighted by molar-refractivity contribution is 7.11. The minimum Gasteiger partial charge on any atom is -0.198 e. The van der Waals surface area contributed by atoms with Crippen LogP contribution in [0.15, 0.2) is 12.1 Å². The predicted octanol–water partition coefficient (Wildman–Crippen LogP) is 3.16. The van der Waals surface area contributed by atoms with Crippen LogP contribution in [0.2, 0.25) is 0 Å². The molecule has 1 nitrogen and oxygen atoms in total. The van der Waals surface area contributed by atoms with E-state index in [9.17, 15) is 0 Å². The molecule has 0 bridgehead atoms. The van der Waals surface area contributed by atoms with Gasteiger partial charge in [0.1, 0.15) is 0 Å². The smallest absolute Gasteiger partial charge is 0.0621 e. The van der Waals surface area contributed by atoms with Crippen LogP contribution in [0.25, 0.3) is 0 Å². The first kappa shape index (κ1) is 9.28. The van der Waals surface area contributed by atoms with Crippen molar-refractivity contribution >= 4 is 11.3 Å². The largest absolute Gasteiger partial charge is 0.198 e. The van der Waals surface area contributed by atoms with Gasteiger partial charge in [-0.25, -0.2) is 0 Å². The van der Waals surface area contributed by atoms with Gasteiger partial charge in [0.05, 0.1) is 6.07 Å². The Hall–Kier alpha value is -0.810. The van der Waals surface area contributed by atoms with Gasteiger partial charge in [-0.1, -0.05) is 6.92 Å². The molecule has 0 aliphatic carbocycles. The molecule has 1 heterocycles. The maximum atomic E-state index is 8.35. The SMILES string of the molecule is CCc1ccc(CCCC#N)s1. The van der Waals surface area contributed by atoms with E-state index >= 15 is 0 Å². The number of nitriles is 1. The number of unbranched alkanes of at least 4 members (excludes halogenated alkanes) is 1. The summed E-state index contributed by atoms with van der Waals surface area (Å²) in [6.45, 7) is 2.17. The van der Waals surface area contributed by atoms with E-state index in [4.69, 9.17) is 5.26 Å². The minimum atomic E-state index is 0.680. The average molecular weight is 179 g/mol. The molecule has 0 saturated heterocycles. The highest BCUT2D eigenvalue weighted by Crippen LogP contribution is 2.18. The van der Waals surface area contributed by atoms with E-state index in [2.05, 4.69) is 25.1 Å². The molecule has 0 unspecified atom stereocenters. The molecule has 1 aromatic rings. The van der Waals surface area contributed by atoms with Crippen LogP contribution in [0.1, 0.15) is 29.5 Å². The van der Waals surface area contributed by atoms with Crippen LogP contribution in [-0.2, 0) is 12.8 Å². The summed E-state index contributed by atoms with van der Waals surface area (Å²) in [6.07, 6.45) is 3.88. The summed E-state index contributed by atoms with van der Waals surface area (Å²) in [5, 5.41) is 8.35. The zero-order valence-electron chi connectivity index (χ0n) is 7.34. The molecule has 0 aliphatic rings. The normalized spacial score (nSPS) is 9.67. The monoisotopic (exact) mass is 179 g/mol. The fourth-order valence-electron chi connectivity index (χ4n) is 1.09. The lowest BCUT2D eigenvalue weighted by molar-refractivity contribution is 0.863. The Kier molecular flexibility index (Phi) is 3.83. The topological polar surface area (TPSA) is 23.8 Å². The quantitative estimate of drug-likeness (QED) is 0.651. The Balaban J connectivity index is 2.37. The Morgan fingerprint density at radius 2 is 2.17 bits per heavy atom. The molecule has 1 rings (SSSR count). The lowest BCUT2D eigenvalue weighted by Gasteiger charge is -1.90. The number of thiophene rings is 1. The highest BCUT2D eigenvalue weighted by atomic mass is 32.1. The Morgan fingerprint density at radius 3 is 2.75 bits per heavy atom. The summed E-state index contributed by atoms with van der Waals surface area (Å²) in [4.78, 5) is 2.86.